The number of amides is 1. The molecule has 4 atom stereocenters. The lowest BCUT2D eigenvalue weighted by molar-refractivity contribution is -0.0557. The molecular weight excluding hydrogens is 763 g/mol. The Morgan fingerprint density at radius 3 is 1.90 bits per heavy atom. The lowest BCUT2D eigenvalue weighted by Crippen LogP contribution is -2.35. The molecule has 0 unspecified atom stereocenters. The normalized spacial score (nSPS) is 17.6. The van der Waals surface area contributed by atoms with E-state index in [1.807, 2.05) is 91.0 Å². The summed E-state index contributed by atoms with van der Waals surface area (Å²) in [4.78, 5) is 39.5. The average molecular weight is 806 g/mol. The van der Waals surface area contributed by atoms with E-state index in [4.69, 9.17) is 23.7 Å². The molecule has 0 bridgehead atoms. The summed E-state index contributed by atoms with van der Waals surface area (Å²) in [6, 6.07) is 42.9. The van der Waals surface area contributed by atoms with Gasteiger partial charge in [-0.05, 0) is 71.6 Å². The van der Waals surface area contributed by atoms with Crippen molar-refractivity contribution in [3.63, 3.8) is 0 Å². The van der Waals surface area contributed by atoms with Crippen LogP contribution in [0.5, 0.6) is 11.5 Å². The molecule has 304 valence electrons. The number of fused-ring (bicyclic) bond motifs is 1. The molecule has 8 rings (SSSR count). The lowest BCUT2D eigenvalue weighted by atomic mass is 9.80. The number of rotatable bonds is 15. The summed E-state index contributed by atoms with van der Waals surface area (Å²) in [5.41, 5.74) is 2.99. The van der Waals surface area contributed by atoms with Gasteiger partial charge in [-0.25, -0.2) is 19.7 Å². The summed E-state index contributed by atoms with van der Waals surface area (Å²) in [6.45, 7) is 0.0134. The zero-order valence-electron chi connectivity index (χ0n) is 33.0. The van der Waals surface area contributed by atoms with Gasteiger partial charge in [-0.2, -0.15) is 0 Å². The predicted molar refractivity (Wildman–Crippen MR) is 223 cm³/mol. The molecule has 2 aromatic heterocycles. The van der Waals surface area contributed by atoms with E-state index in [2.05, 4.69) is 20.3 Å². The number of anilines is 1. The number of imidazole rings is 1. The first-order valence-corrected chi connectivity index (χ1v) is 19.5. The van der Waals surface area contributed by atoms with Crippen molar-refractivity contribution in [1.29, 1.82) is 0 Å². The van der Waals surface area contributed by atoms with Gasteiger partial charge in [0.15, 0.2) is 23.2 Å². The van der Waals surface area contributed by atoms with Gasteiger partial charge in [-0.15, -0.1) is 0 Å². The molecular formula is C47H43N5O8. The van der Waals surface area contributed by atoms with Crippen molar-refractivity contribution >= 4 is 28.9 Å². The molecule has 3 heterocycles. The molecule has 13 nitrogen and oxygen atoms in total. The van der Waals surface area contributed by atoms with Crippen LogP contribution in [-0.2, 0) is 19.8 Å². The number of methoxy groups -OCH3 is 2. The van der Waals surface area contributed by atoms with Crippen molar-refractivity contribution in [1.82, 2.24) is 19.5 Å². The number of aliphatic hydroxyl groups is 1. The highest BCUT2D eigenvalue weighted by Gasteiger charge is 2.46. The van der Waals surface area contributed by atoms with Crippen LogP contribution in [0.3, 0.4) is 0 Å². The van der Waals surface area contributed by atoms with Gasteiger partial charge >= 0.3 is 5.97 Å². The second-order valence-corrected chi connectivity index (χ2v) is 14.2. The van der Waals surface area contributed by atoms with Gasteiger partial charge in [-0.1, -0.05) is 91.0 Å². The third-order valence-corrected chi connectivity index (χ3v) is 10.7. The molecule has 1 fully saturated rings. The summed E-state index contributed by atoms with van der Waals surface area (Å²) in [5, 5.41) is 14.9. The van der Waals surface area contributed by atoms with Crippen molar-refractivity contribution in [2.24, 2.45) is 5.92 Å². The van der Waals surface area contributed by atoms with Gasteiger partial charge in [0.1, 0.15) is 29.5 Å². The van der Waals surface area contributed by atoms with E-state index >= 15 is 0 Å². The minimum Gasteiger partial charge on any atom is -0.497 e. The van der Waals surface area contributed by atoms with E-state index < -0.39 is 35.9 Å². The monoisotopic (exact) mass is 805 g/mol. The molecule has 1 aliphatic heterocycles. The van der Waals surface area contributed by atoms with E-state index in [0.29, 0.717) is 40.2 Å². The van der Waals surface area contributed by atoms with Crippen LogP contribution in [-0.4, -0.2) is 76.1 Å². The first kappa shape index (κ1) is 39.9. The SMILES string of the molecule is COc1ccc(C(OCC[C@H]2O[C@@H](n3cnc4c(NC(=O)c5ccccc5)ncnc43)[C@H](O)[C@@H]2COC(=O)c2ccccc2)(c2ccccc2)c2ccc(OC)cc2)cc1. The molecule has 0 saturated carbocycles. The van der Waals surface area contributed by atoms with Crippen LogP contribution in [0.1, 0.15) is 50.1 Å². The van der Waals surface area contributed by atoms with E-state index in [-0.39, 0.29) is 24.9 Å². The Labute approximate surface area is 346 Å². The van der Waals surface area contributed by atoms with E-state index in [1.165, 1.54) is 12.7 Å². The lowest BCUT2D eigenvalue weighted by Gasteiger charge is -2.36. The number of nitrogens with one attached hydrogen (secondary N) is 1. The van der Waals surface area contributed by atoms with Crippen LogP contribution in [0.15, 0.2) is 152 Å². The van der Waals surface area contributed by atoms with Crippen LogP contribution >= 0.6 is 0 Å². The molecule has 0 aliphatic carbocycles. The maximum atomic E-state index is 13.2. The molecule has 0 radical (unpaired) electrons. The predicted octanol–water partition coefficient (Wildman–Crippen LogP) is 7.23. The molecule has 1 amide bonds. The first-order valence-electron chi connectivity index (χ1n) is 19.5. The zero-order valence-corrected chi connectivity index (χ0v) is 33.0. The van der Waals surface area contributed by atoms with Gasteiger partial charge in [0, 0.05) is 5.56 Å². The van der Waals surface area contributed by atoms with Gasteiger partial charge < -0.3 is 34.1 Å². The second-order valence-electron chi connectivity index (χ2n) is 14.2. The highest BCUT2D eigenvalue weighted by atomic mass is 16.6. The van der Waals surface area contributed by atoms with Crippen LogP contribution in [0.2, 0.25) is 0 Å². The molecule has 0 spiro atoms. The Morgan fingerprint density at radius 2 is 1.30 bits per heavy atom. The van der Waals surface area contributed by atoms with E-state index in [0.717, 1.165) is 16.7 Å². The van der Waals surface area contributed by atoms with Crippen molar-refractivity contribution in [3.05, 3.63) is 180 Å². The summed E-state index contributed by atoms with van der Waals surface area (Å²) < 4.78 is 32.3. The third kappa shape index (κ3) is 8.06. The van der Waals surface area contributed by atoms with E-state index in [1.54, 1.807) is 67.3 Å². The summed E-state index contributed by atoms with van der Waals surface area (Å²) in [7, 11) is 3.25. The van der Waals surface area contributed by atoms with Crippen molar-refractivity contribution in [3.8, 4) is 11.5 Å². The first-order chi connectivity index (χ1) is 29.4. The zero-order chi connectivity index (χ0) is 41.5. The fourth-order valence-electron chi connectivity index (χ4n) is 7.64. The number of aliphatic hydroxyl groups excluding tert-OH is 1. The van der Waals surface area contributed by atoms with Gasteiger partial charge in [0.05, 0.1) is 51.3 Å². The fourth-order valence-corrected chi connectivity index (χ4v) is 7.64. The molecule has 13 heteroatoms. The standard InChI is InChI=1S/C47H43N5O8/c1-56-36-22-18-34(19-23-36)47(33-16-10-5-11-17-33,35-20-24-37(57-2)25-21-35)59-27-26-39-38(28-58-46(55)32-14-8-4-9-15-32)41(53)45(60-39)52-30-50-40-42(48-29-49-43(40)52)51-44(54)31-12-6-3-7-13-31/h3-25,29-30,38-39,41,45,53H,26-28H2,1-2H3,(H,48,49,51,54)/t38-,39-,41-,45-/m1/s1. The number of hydrogen-bond donors (Lipinski definition) is 2. The Hall–Kier alpha value is -6.93. The van der Waals surface area contributed by atoms with Crippen LogP contribution < -0.4 is 14.8 Å². The average Bonchev–Trinajstić information content (AvgIpc) is 3.88. The summed E-state index contributed by atoms with van der Waals surface area (Å²) >= 11 is 0. The Balaban J connectivity index is 1.11. The largest absolute Gasteiger partial charge is 0.497 e. The quantitative estimate of drug-likeness (QED) is 0.0797. The third-order valence-electron chi connectivity index (χ3n) is 10.7. The van der Waals surface area contributed by atoms with Crippen molar-refractivity contribution in [2.75, 3.05) is 32.8 Å². The van der Waals surface area contributed by atoms with E-state index in [9.17, 15) is 14.7 Å². The highest BCUT2D eigenvalue weighted by Crippen LogP contribution is 2.43. The number of aromatic nitrogens is 4. The minimum absolute atomic E-state index is 0.142. The van der Waals surface area contributed by atoms with Crippen molar-refractivity contribution in [2.45, 2.75) is 30.5 Å². The number of benzene rings is 5. The molecule has 60 heavy (non-hydrogen) atoms. The molecule has 1 saturated heterocycles. The highest BCUT2D eigenvalue weighted by molar-refractivity contribution is 6.06. The van der Waals surface area contributed by atoms with Crippen LogP contribution in [0.4, 0.5) is 5.82 Å². The maximum Gasteiger partial charge on any atom is 0.338 e. The molecule has 2 N–H and O–H groups in total. The molecule has 1 aliphatic rings. The second kappa shape index (κ2) is 17.9. The molecule has 7 aromatic rings. The topological polar surface area (TPSA) is 156 Å². The Bertz CT molecular complexity index is 2470. The fraction of sp³-hybridized carbons (Fsp3) is 0.213. The number of nitrogens with zero attached hydrogens (tertiary/aromatic N) is 4. The van der Waals surface area contributed by atoms with Gasteiger partial charge in [0.25, 0.3) is 5.91 Å². The summed E-state index contributed by atoms with van der Waals surface area (Å²) in [5.74, 6) is 0.0292. The number of esters is 1. The van der Waals surface area contributed by atoms with Gasteiger partial charge in [-0.3, -0.25) is 9.36 Å². The minimum atomic E-state index is -1.17. The number of ether oxygens (including phenoxy) is 5. The number of hydrogen-bond acceptors (Lipinski definition) is 11. The summed E-state index contributed by atoms with van der Waals surface area (Å²) in [6.07, 6.45) is 0.275. The molecule has 5 aromatic carbocycles. The Kier molecular flexibility index (Phi) is 11.9. The van der Waals surface area contributed by atoms with Crippen LogP contribution in [0, 0.1) is 5.92 Å². The smallest absolute Gasteiger partial charge is 0.338 e. The van der Waals surface area contributed by atoms with Gasteiger partial charge in [0.2, 0.25) is 0 Å². The number of carbonyl (C=O) groups is 2. The van der Waals surface area contributed by atoms with Crippen molar-refractivity contribution < 1.29 is 38.4 Å². The Morgan fingerprint density at radius 1 is 0.733 bits per heavy atom. The maximum absolute atomic E-state index is 13.2. The number of carbonyl (C=O) groups excluding carboxylic acids is 2. The van der Waals surface area contributed by atoms with Crippen LogP contribution in [0.25, 0.3) is 11.2 Å².